The zero-order valence-electron chi connectivity index (χ0n) is 18.0. The van der Waals surface area contributed by atoms with Gasteiger partial charge in [-0.25, -0.2) is 4.99 Å². The van der Waals surface area contributed by atoms with E-state index in [4.69, 9.17) is 9.47 Å². The predicted molar refractivity (Wildman–Crippen MR) is 118 cm³/mol. The molecule has 0 bridgehead atoms. The van der Waals surface area contributed by atoms with Gasteiger partial charge in [0, 0.05) is 18.7 Å². The monoisotopic (exact) mass is 399 g/mol. The Morgan fingerprint density at radius 1 is 1.14 bits per heavy atom. The number of nitrogens with one attached hydrogen (secondary N) is 2. The number of guanidine groups is 1. The summed E-state index contributed by atoms with van der Waals surface area (Å²) in [6.07, 6.45) is -0.572. The minimum Gasteiger partial charge on any atom is -0.497 e. The lowest BCUT2D eigenvalue weighted by Gasteiger charge is -2.17. The lowest BCUT2D eigenvalue weighted by molar-refractivity contribution is 0.180. The summed E-state index contributed by atoms with van der Waals surface area (Å²) < 4.78 is 11.2. The van der Waals surface area contributed by atoms with Gasteiger partial charge >= 0.3 is 0 Å². The number of rotatable bonds is 9. The largest absolute Gasteiger partial charge is 0.497 e. The van der Waals surface area contributed by atoms with Crippen LogP contribution in [-0.2, 0) is 6.54 Å². The number of benzene rings is 2. The molecular formula is C23H33N3O3. The van der Waals surface area contributed by atoms with E-state index in [0.717, 1.165) is 34.7 Å². The molecule has 0 radical (unpaired) electrons. The standard InChI is InChI=1S/C23H33N3O3/c1-6-24-23(26-15-21(27)18-8-7-9-20(13-18)28-5)25-14-19-11-10-17(4)12-22(19)29-16(2)3/h7-13,16,21,27H,6,14-15H2,1-5H3,(H2,24,25,26). The van der Waals surface area contributed by atoms with Crippen molar-refractivity contribution in [3.05, 3.63) is 59.2 Å². The first-order valence-corrected chi connectivity index (χ1v) is 10.0. The van der Waals surface area contributed by atoms with Crippen molar-refractivity contribution in [2.24, 2.45) is 4.99 Å². The topological polar surface area (TPSA) is 75.1 Å². The van der Waals surface area contributed by atoms with Crippen LogP contribution < -0.4 is 20.1 Å². The van der Waals surface area contributed by atoms with Crippen molar-refractivity contribution in [2.75, 3.05) is 20.2 Å². The van der Waals surface area contributed by atoms with Crippen molar-refractivity contribution < 1.29 is 14.6 Å². The molecule has 0 heterocycles. The molecule has 0 saturated heterocycles. The molecule has 0 aromatic heterocycles. The van der Waals surface area contributed by atoms with E-state index >= 15 is 0 Å². The van der Waals surface area contributed by atoms with Gasteiger partial charge in [-0.1, -0.05) is 24.3 Å². The lowest BCUT2D eigenvalue weighted by Crippen LogP contribution is -2.39. The van der Waals surface area contributed by atoms with Crippen LogP contribution in [0.2, 0.25) is 0 Å². The Morgan fingerprint density at radius 2 is 1.93 bits per heavy atom. The molecule has 158 valence electrons. The minimum atomic E-state index is -0.673. The van der Waals surface area contributed by atoms with Crippen LogP contribution in [0, 0.1) is 6.92 Å². The van der Waals surface area contributed by atoms with Crippen LogP contribution >= 0.6 is 0 Å². The Hall–Kier alpha value is -2.73. The molecule has 0 aliphatic carbocycles. The maximum Gasteiger partial charge on any atom is 0.191 e. The van der Waals surface area contributed by atoms with E-state index in [-0.39, 0.29) is 6.10 Å². The molecule has 1 atom stereocenters. The maximum absolute atomic E-state index is 10.5. The highest BCUT2D eigenvalue weighted by atomic mass is 16.5. The van der Waals surface area contributed by atoms with Gasteiger partial charge in [0.15, 0.2) is 5.96 Å². The summed E-state index contributed by atoms with van der Waals surface area (Å²) in [5.74, 6) is 2.22. The van der Waals surface area contributed by atoms with E-state index in [1.54, 1.807) is 7.11 Å². The minimum absolute atomic E-state index is 0.101. The second-order valence-corrected chi connectivity index (χ2v) is 7.15. The molecule has 2 aromatic rings. The average Bonchev–Trinajstić information content (AvgIpc) is 2.70. The molecule has 2 aromatic carbocycles. The molecule has 0 spiro atoms. The van der Waals surface area contributed by atoms with Crippen LogP contribution in [0.1, 0.15) is 43.6 Å². The van der Waals surface area contributed by atoms with Crippen LogP contribution in [-0.4, -0.2) is 37.4 Å². The molecule has 0 fully saturated rings. The van der Waals surface area contributed by atoms with Gasteiger partial charge < -0.3 is 25.2 Å². The Balaban J connectivity index is 2.06. The lowest BCUT2D eigenvalue weighted by atomic mass is 10.1. The molecule has 2 rings (SSSR count). The van der Waals surface area contributed by atoms with Gasteiger partial charge in [-0.15, -0.1) is 0 Å². The molecule has 0 amide bonds. The summed E-state index contributed by atoms with van der Waals surface area (Å²) in [5, 5.41) is 16.9. The maximum atomic E-state index is 10.5. The van der Waals surface area contributed by atoms with Crippen molar-refractivity contribution in [3.63, 3.8) is 0 Å². The molecule has 0 saturated carbocycles. The fourth-order valence-electron chi connectivity index (χ4n) is 2.82. The van der Waals surface area contributed by atoms with Crippen molar-refractivity contribution in [1.29, 1.82) is 0 Å². The van der Waals surface area contributed by atoms with E-state index in [2.05, 4.69) is 21.7 Å². The zero-order chi connectivity index (χ0) is 21.2. The van der Waals surface area contributed by atoms with E-state index in [1.165, 1.54) is 0 Å². The number of hydrogen-bond acceptors (Lipinski definition) is 4. The number of aryl methyl sites for hydroxylation is 1. The van der Waals surface area contributed by atoms with Gasteiger partial charge in [-0.05, 0) is 57.0 Å². The molecule has 0 aliphatic heterocycles. The summed E-state index contributed by atoms with van der Waals surface area (Å²) in [6, 6.07) is 13.6. The molecule has 6 heteroatoms. The third-order valence-electron chi connectivity index (χ3n) is 4.28. The number of methoxy groups -OCH3 is 1. The third-order valence-corrected chi connectivity index (χ3v) is 4.28. The quantitative estimate of drug-likeness (QED) is 0.444. The van der Waals surface area contributed by atoms with Gasteiger partial charge in [-0.3, -0.25) is 0 Å². The second kappa shape index (κ2) is 11.3. The van der Waals surface area contributed by atoms with Gasteiger partial charge in [0.2, 0.25) is 0 Å². The summed E-state index contributed by atoms with van der Waals surface area (Å²) in [6.45, 7) is 9.63. The van der Waals surface area contributed by atoms with E-state index in [9.17, 15) is 5.11 Å². The van der Waals surface area contributed by atoms with Gasteiger partial charge in [0.1, 0.15) is 11.5 Å². The number of aliphatic hydroxyl groups excluding tert-OH is 1. The van der Waals surface area contributed by atoms with Crippen molar-refractivity contribution in [3.8, 4) is 11.5 Å². The Morgan fingerprint density at radius 3 is 2.62 bits per heavy atom. The van der Waals surface area contributed by atoms with Gasteiger partial charge in [-0.2, -0.15) is 0 Å². The van der Waals surface area contributed by atoms with Crippen molar-refractivity contribution in [1.82, 2.24) is 10.6 Å². The SMILES string of the molecule is CCNC(=NCc1ccc(C)cc1OC(C)C)NCC(O)c1cccc(OC)c1. The summed E-state index contributed by atoms with van der Waals surface area (Å²) in [4.78, 5) is 4.66. The van der Waals surface area contributed by atoms with Crippen LogP contribution in [0.5, 0.6) is 11.5 Å². The molecule has 29 heavy (non-hydrogen) atoms. The van der Waals surface area contributed by atoms with Crippen LogP contribution in [0.25, 0.3) is 0 Å². The molecular weight excluding hydrogens is 366 g/mol. The average molecular weight is 400 g/mol. The molecule has 3 N–H and O–H groups in total. The number of aliphatic hydroxyl groups is 1. The smallest absolute Gasteiger partial charge is 0.191 e. The molecule has 6 nitrogen and oxygen atoms in total. The first-order valence-electron chi connectivity index (χ1n) is 10.0. The highest BCUT2D eigenvalue weighted by Crippen LogP contribution is 2.22. The number of ether oxygens (including phenoxy) is 2. The highest BCUT2D eigenvalue weighted by Gasteiger charge is 2.10. The van der Waals surface area contributed by atoms with E-state index in [1.807, 2.05) is 64.1 Å². The fraction of sp³-hybridized carbons (Fsp3) is 0.435. The van der Waals surface area contributed by atoms with Crippen molar-refractivity contribution in [2.45, 2.75) is 46.4 Å². The van der Waals surface area contributed by atoms with Crippen molar-refractivity contribution >= 4 is 5.96 Å². The predicted octanol–water partition coefficient (Wildman–Crippen LogP) is 3.58. The third kappa shape index (κ3) is 7.31. The summed E-state index contributed by atoms with van der Waals surface area (Å²) in [7, 11) is 1.61. The zero-order valence-corrected chi connectivity index (χ0v) is 18.0. The van der Waals surface area contributed by atoms with Crippen LogP contribution in [0.4, 0.5) is 0 Å². The Labute approximate surface area is 174 Å². The van der Waals surface area contributed by atoms with Crippen LogP contribution in [0.15, 0.2) is 47.5 Å². The first-order chi connectivity index (χ1) is 13.9. The Kier molecular flexibility index (Phi) is 8.80. The van der Waals surface area contributed by atoms with E-state index in [0.29, 0.717) is 19.0 Å². The van der Waals surface area contributed by atoms with Gasteiger partial charge in [0.05, 0.1) is 25.9 Å². The summed E-state index contributed by atoms with van der Waals surface area (Å²) >= 11 is 0. The van der Waals surface area contributed by atoms with Gasteiger partial charge in [0.25, 0.3) is 0 Å². The van der Waals surface area contributed by atoms with E-state index < -0.39 is 6.10 Å². The molecule has 0 aliphatic rings. The second-order valence-electron chi connectivity index (χ2n) is 7.15. The molecule has 1 unspecified atom stereocenters. The number of aliphatic imine (C=N–C) groups is 1. The highest BCUT2D eigenvalue weighted by molar-refractivity contribution is 5.79. The number of hydrogen-bond donors (Lipinski definition) is 3. The first kappa shape index (κ1) is 22.6. The Bertz CT molecular complexity index is 806. The normalized spacial score (nSPS) is 12.6. The summed E-state index contributed by atoms with van der Waals surface area (Å²) in [5.41, 5.74) is 2.97. The fourth-order valence-corrected chi connectivity index (χ4v) is 2.82. The number of nitrogens with zero attached hydrogens (tertiary/aromatic N) is 1. The van der Waals surface area contributed by atoms with Crippen LogP contribution in [0.3, 0.4) is 0 Å².